The van der Waals surface area contributed by atoms with Gasteiger partial charge in [0.1, 0.15) is 0 Å². The molecule has 4 nitrogen and oxygen atoms in total. The molecule has 1 fully saturated rings. The van der Waals surface area contributed by atoms with Gasteiger partial charge in [0.2, 0.25) is 5.91 Å². The van der Waals surface area contributed by atoms with Crippen LogP contribution < -0.4 is 0 Å². The van der Waals surface area contributed by atoms with Crippen LogP contribution in [-0.2, 0) is 30.2 Å². The zero-order valence-electron chi connectivity index (χ0n) is 18.4. The van der Waals surface area contributed by atoms with Crippen molar-refractivity contribution in [2.75, 3.05) is 6.54 Å². The second-order valence-electron chi connectivity index (χ2n) is 9.06. The number of H-pyrrole nitrogens is 1. The second-order valence-corrected chi connectivity index (χ2v) is 10.3. The van der Waals surface area contributed by atoms with Crippen LogP contribution >= 0.6 is 34.8 Å². The number of nitrogens with zero attached hydrogens (tertiary/aromatic N) is 2. The number of nitrogens with one attached hydrogen (secondary N) is 1. The van der Waals surface area contributed by atoms with Gasteiger partial charge >= 0.3 is 6.18 Å². The van der Waals surface area contributed by atoms with E-state index in [0.717, 1.165) is 36.7 Å². The van der Waals surface area contributed by atoms with Crippen molar-refractivity contribution in [2.45, 2.75) is 44.3 Å². The van der Waals surface area contributed by atoms with Crippen molar-refractivity contribution in [1.82, 2.24) is 14.9 Å². The standard InChI is InChI=1S/C25H21Cl3F3N3O/c26-19-9-15(13-1-3-18(21(28)8-13)25(29,30)31)10-20(27)17(19)7-14-5-6-34(24(14)35)16-2-4-22-23(11-16)33-12-32-22/h1,3,8-10,12,14,16H,2,4-7,11H2,(H,32,33). The molecule has 1 saturated heterocycles. The molecule has 1 amide bonds. The van der Waals surface area contributed by atoms with Gasteiger partial charge in [-0.1, -0.05) is 40.9 Å². The maximum absolute atomic E-state index is 13.2. The molecule has 2 heterocycles. The number of halogens is 6. The summed E-state index contributed by atoms with van der Waals surface area (Å²) in [5.41, 5.74) is 2.96. The molecule has 1 aromatic heterocycles. The molecule has 5 rings (SSSR count). The van der Waals surface area contributed by atoms with Crippen LogP contribution in [0.25, 0.3) is 11.1 Å². The Morgan fingerprint density at radius 2 is 1.74 bits per heavy atom. The maximum atomic E-state index is 13.2. The van der Waals surface area contributed by atoms with E-state index in [2.05, 4.69) is 9.97 Å². The summed E-state index contributed by atoms with van der Waals surface area (Å²) in [6, 6.07) is 6.98. The average molecular weight is 543 g/mol. The SMILES string of the molecule is O=C1C(Cc2c(Cl)cc(-c3ccc(C(F)(F)F)c(Cl)c3)cc2Cl)CCN1C1CCc2nc[nH]c2C1. The largest absolute Gasteiger partial charge is 0.417 e. The molecule has 2 unspecified atom stereocenters. The molecule has 0 spiro atoms. The lowest BCUT2D eigenvalue weighted by Gasteiger charge is -2.31. The van der Waals surface area contributed by atoms with E-state index in [9.17, 15) is 18.0 Å². The van der Waals surface area contributed by atoms with Gasteiger partial charge in [-0.05, 0) is 66.6 Å². The molecule has 1 N–H and O–H groups in total. The van der Waals surface area contributed by atoms with E-state index in [-0.39, 0.29) is 17.9 Å². The summed E-state index contributed by atoms with van der Waals surface area (Å²) in [4.78, 5) is 22.7. The van der Waals surface area contributed by atoms with Crippen molar-refractivity contribution in [1.29, 1.82) is 0 Å². The highest BCUT2D eigenvalue weighted by Crippen LogP contribution is 2.40. The number of aryl methyl sites for hydroxylation is 1. The third-order valence-electron chi connectivity index (χ3n) is 6.95. The third-order valence-corrected chi connectivity index (χ3v) is 7.94. The van der Waals surface area contributed by atoms with Crippen LogP contribution in [-0.4, -0.2) is 33.4 Å². The van der Waals surface area contributed by atoms with Gasteiger partial charge in [0, 0.05) is 40.7 Å². The minimum absolute atomic E-state index is 0.101. The maximum Gasteiger partial charge on any atom is 0.417 e. The number of carbonyl (C=O) groups is 1. The second kappa shape index (κ2) is 9.34. The van der Waals surface area contributed by atoms with Gasteiger partial charge in [0.15, 0.2) is 0 Å². The predicted octanol–water partition coefficient (Wildman–Crippen LogP) is 7.00. The smallest absolute Gasteiger partial charge is 0.348 e. The van der Waals surface area contributed by atoms with Crippen LogP contribution in [0, 0.1) is 5.92 Å². The molecule has 2 aromatic carbocycles. The minimum atomic E-state index is -4.53. The van der Waals surface area contributed by atoms with Crippen LogP contribution in [0.1, 0.15) is 35.4 Å². The van der Waals surface area contributed by atoms with E-state index < -0.39 is 16.8 Å². The molecular weight excluding hydrogens is 522 g/mol. The Morgan fingerprint density at radius 1 is 1.03 bits per heavy atom. The zero-order chi connectivity index (χ0) is 24.9. The third kappa shape index (κ3) is 4.78. The Labute approximate surface area is 215 Å². The lowest BCUT2D eigenvalue weighted by Crippen LogP contribution is -2.41. The Kier molecular flexibility index (Phi) is 6.53. The summed E-state index contributed by atoms with van der Waals surface area (Å²) in [6.45, 7) is 0.689. The zero-order valence-corrected chi connectivity index (χ0v) is 20.7. The Bertz CT molecular complexity index is 1270. The fourth-order valence-electron chi connectivity index (χ4n) is 5.10. The van der Waals surface area contributed by atoms with Gasteiger partial charge < -0.3 is 9.88 Å². The first-order valence-electron chi connectivity index (χ1n) is 11.3. The van der Waals surface area contributed by atoms with Crippen LogP contribution in [0.4, 0.5) is 13.2 Å². The monoisotopic (exact) mass is 541 g/mol. The summed E-state index contributed by atoms with van der Waals surface area (Å²) in [6.07, 6.45) is 0.812. The number of fused-ring (bicyclic) bond motifs is 1. The number of imidazole rings is 1. The van der Waals surface area contributed by atoms with E-state index in [1.54, 1.807) is 18.5 Å². The highest BCUT2D eigenvalue weighted by atomic mass is 35.5. The quantitative estimate of drug-likeness (QED) is 0.386. The minimum Gasteiger partial charge on any atom is -0.348 e. The van der Waals surface area contributed by atoms with E-state index in [1.165, 1.54) is 12.1 Å². The Hall–Kier alpha value is -2.22. The first kappa shape index (κ1) is 24.5. The lowest BCUT2D eigenvalue weighted by molar-refractivity contribution is -0.137. The van der Waals surface area contributed by atoms with Gasteiger partial charge in [0.25, 0.3) is 0 Å². The molecule has 2 aliphatic rings. The summed E-state index contributed by atoms with van der Waals surface area (Å²) >= 11 is 19.0. The number of aromatic amines is 1. The number of carbonyl (C=O) groups excluding carboxylic acids is 1. The topological polar surface area (TPSA) is 49.0 Å². The molecule has 1 aliphatic heterocycles. The Balaban J connectivity index is 1.32. The number of hydrogen-bond acceptors (Lipinski definition) is 2. The predicted molar refractivity (Wildman–Crippen MR) is 130 cm³/mol. The molecule has 1 aliphatic carbocycles. The Morgan fingerprint density at radius 3 is 2.43 bits per heavy atom. The summed E-state index contributed by atoms with van der Waals surface area (Å²) < 4.78 is 39.1. The molecule has 0 radical (unpaired) electrons. The fourth-order valence-corrected chi connectivity index (χ4v) is 6.03. The number of likely N-dealkylation sites (tertiary alicyclic amines) is 1. The molecular formula is C25H21Cl3F3N3O. The first-order valence-corrected chi connectivity index (χ1v) is 12.4. The number of amides is 1. The molecule has 0 saturated carbocycles. The molecule has 0 bridgehead atoms. The van der Waals surface area contributed by atoms with Gasteiger partial charge in [-0.3, -0.25) is 4.79 Å². The van der Waals surface area contributed by atoms with Crippen LogP contribution in [0.5, 0.6) is 0 Å². The van der Waals surface area contributed by atoms with Crippen molar-refractivity contribution in [3.63, 3.8) is 0 Å². The van der Waals surface area contributed by atoms with Crippen molar-refractivity contribution in [3.8, 4) is 11.1 Å². The van der Waals surface area contributed by atoms with Crippen LogP contribution in [0.3, 0.4) is 0 Å². The summed E-state index contributed by atoms with van der Waals surface area (Å²) in [7, 11) is 0. The van der Waals surface area contributed by atoms with Gasteiger partial charge in [0.05, 0.1) is 22.6 Å². The number of aromatic nitrogens is 2. The van der Waals surface area contributed by atoms with Crippen molar-refractivity contribution >= 4 is 40.7 Å². The van der Waals surface area contributed by atoms with Crippen LogP contribution in [0.15, 0.2) is 36.7 Å². The van der Waals surface area contributed by atoms with Crippen molar-refractivity contribution in [2.24, 2.45) is 5.92 Å². The van der Waals surface area contributed by atoms with Gasteiger partial charge in [-0.15, -0.1) is 0 Å². The number of rotatable bonds is 4. The molecule has 2 atom stereocenters. The van der Waals surface area contributed by atoms with E-state index >= 15 is 0 Å². The number of alkyl halides is 3. The number of hydrogen-bond donors (Lipinski definition) is 1. The highest BCUT2D eigenvalue weighted by Gasteiger charge is 2.38. The molecule has 184 valence electrons. The molecule has 35 heavy (non-hydrogen) atoms. The van der Waals surface area contributed by atoms with Gasteiger partial charge in [-0.25, -0.2) is 4.98 Å². The first-order chi connectivity index (χ1) is 16.6. The van der Waals surface area contributed by atoms with E-state index in [1.807, 2.05) is 4.90 Å². The summed E-state index contributed by atoms with van der Waals surface area (Å²) in [5, 5.41) is 0.344. The summed E-state index contributed by atoms with van der Waals surface area (Å²) in [5.74, 6) is -0.122. The fraction of sp³-hybridized carbons (Fsp3) is 0.360. The van der Waals surface area contributed by atoms with Gasteiger partial charge in [-0.2, -0.15) is 13.2 Å². The normalized spacial score (nSPS) is 20.4. The lowest BCUT2D eigenvalue weighted by atomic mass is 9.94. The van der Waals surface area contributed by atoms with E-state index in [4.69, 9.17) is 34.8 Å². The molecule has 10 heteroatoms. The average Bonchev–Trinajstić information content (AvgIpc) is 3.41. The van der Waals surface area contributed by atoms with E-state index in [0.29, 0.717) is 46.1 Å². The number of benzene rings is 2. The van der Waals surface area contributed by atoms with Crippen LogP contribution in [0.2, 0.25) is 15.1 Å². The van der Waals surface area contributed by atoms with Crippen molar-refractivity contribution < 1.29 is 18.0 Å². The highest BCUT2D eigenvalue weighted by molar-refractivity contribution is 6.36. The molecule has 3 aromatic rings. The van der Waals surface area contributed by atoms with Crippen molar-refractivity contribution in [3.05, 3.63) is 74.2 Å².